The first-order valence-electron chi connectivity index (χ1n) is 8.42. The molecule has 1 unspecified atom stereocenters. The lowest BCUT2D eigenvalue weighted by Crippen LogP contribution is -2.33. The van der Waals surface area contributed by atoms with Crippen LogP contribution in [0, 0.1) is 0 Å². The van der Waals surface area contributed by atoms with Crippen LogP contribution in [-0.2, 0) is 21.2 Å². The Hall–Kier alpha value is -1.83. The highest BCUT2D eigenvalue weighted by Gasteiger charge is 2.28. The number of hydrogen-bond acceptors (Lipinski definition) is 4. The second kappa shape index (κ2) is 7.42. The van der Waals surface area contributed by atoms with Gasteiger partial charge in [-0.25, -0.2) is 8.42 Å². The first kappa shape index (κ1) is 18.9. The van der Waals surface area contributed by atoms with Gasteiger partial charge in [0.15, 0.2) is 0 Å². The highest BCUT2D eigenvalue weighted by atomic mass is 32.2. The summed E-state index contributed by atoms with van der Waals surface area (Å²) < 4.78 is 26.3. The van der Waals surface area contributed by atoms with Crippen LogP contribution in [0.3, 0.4) is 0 Å². The summed E-state index contributed by atoms with van der Waals surface area (Å²) in [6, 6.07) is 14.2. The molecule has 5 nitrogen and oxygen atoms in total. The standard InChI is InChI=1S/C19H22N2O3S2/c1-13(2)21(3)26(23,24)16-10-8-15(9-11-16)20-19(22)18-12-14-6-4-5-7-17(14)25-18/h4-11,13,18H,12H2,1-3H3,(H,20,22). The fraction of sp³-hybridized carbons (Fsp3) is 0.316. The van der Waals surface area contributed by atoms with Gasteiger partial charge in [-0.2, -0.15) is 4.31 Å². The Morgan fingerprint density at radius 1 is 1.15 bits per heavy atom. The number of rotatable bonds is 5. The van der Waals surface area contributed by atoms with Gasteiger partial charge >= 0.3 is 0 Å². The highest BCUT2D eigenvalue weighted by molar-refractivity contribution is 8.01. The van der Waals surface area contributed by atoms with Crippen molar-refractivity contribution in [1.82, 2.24) is 4.31 Å². The number of nitrogens with zero attached hydrogens (tertiary/aromatic N) is 1. The molecule has 1 aliphatic rings. The first-order valence-corrected chi connectivity index (χ1v) is 10.7. The molecule has 26 heavy (non-hydrogen) atoms. The molecule has 7 heteroatoms. The molecule has 0 aliphatic carbocycles. The van der Waals surface area contributed by atoms with Crippen molar-refractivity contribution in [3.05, 3.63) is 54.1 Å². The second-order valence-corrected chi connectivity index (χ2v) is 9.79. The monoisotopic (exact) mass is 390 g/mol. The van der Waals surface area contributed by atoms with Gasteiger partial charge in [-0.1, -0.05) is 18.2 Å². The number of fused-ring (bicyclic) bond motifs is 1. The third-order valence-electron chi connectivity index (χ3n) is 4.47. The average Bonchev–Trinajstić information content (AvgIpc) is 3.05. The molecule has 2 aromatic carbocycles. The predicted molar refractivity (Wildman–Crippen MR) is 105 cm³/mol. The number of thioether (sulfide) groups is 1. The van der Waals surface area contributed by atoms with Crippen LogP contribution >= 0.6 is 11.8 Å². The van der Waals surface area contributed by atoms with Gasteiger partial charge < -0.3 is 5.32 Å². The zero-order chi connectivity index (χ0) is 18.9. The molecule has 0 spiro atoms. The maximum absolute atomic E-state index is 12.5. The Morgan fingerprint density at radius 3 is 2.42 bits per heavy atom. The zero-order valence-electron chi connectivity index (χ0n) is 15.0. The second-order valence-electron chi connectivity index (χ2n) is 6.55. The molecule has 1 amide bonds. The van der Waals surface area contributed by atoms with Gasteiger partial charge in [-0.3, -0.25) is 4.79 Å². The van der Waals surface area contributed by atoms with Gasteiger partial charge in [0.2, 0.25) is 15.9 Å². The van der Waals surface area contributed by atoms with Crippen LogP contribution in [0.25, 0.3) is 0 Å². The number of benzene rings is 2. The Balaban J connectivity index is 1.68. The number of hydrogen-bond donors (Lipinski definition) is 1. The van der Waals surface area contributed by atoms with E-state index in [-0.39, 0.29) is 22.1 Å². The molecular weight excluding hydrogens is 368 g/mol. The largest absolute Gasteiger partial charge is 0.325 e. The molecule has 3 rings (SSSR count). The smallest absolute Gasteiger partial charge is 0.243 e. The van der Waals surface area contributed by atoms with E-state index in [1.807, 2.05) is 38.1 Å². The van der Waals surface area contributed by atoms with Crippen molar-refractivity contribution in [1.29, 1.82) is 0 Å². The van der Waals surface area contributed by atoms with Crippen LogP contribution in [0.5, 0.6) is 0 Å². The summed E-state index contributed by atoms with van der Waals surface area (Å²) in [5.41, 5.74) is 1.79. The third-order valence-corrected chi connectivity index (χ3v) is 7.83. The quantitative estimate of drug-likeness (QED) is 0.850. The number of sulfonamides is 1. The molecule has 0 saturated carbocycles. The van der Waals surface area contributed by atoms with E-state index in [0.717, 1.165) is 4.90 Å². The van der Waals surface area contributed by atoms with Crippen LogP contribution in [0.15, 0.2) is 58.3 Å². The van der Waals surface area contributed by atoms with Gasteiger partial charge in [0.05, 0.1) is 10.1 Å². The molecule has 138 valence electrons. The lowest BCUT2D eigenvalue weighted by atomic mass is 10.1. The summed E-state index contributed by atoms with van der Waals surface area (Å²) in [7, 11) is -1.96. The Labute approximate surface area is 158 Å². The zero-order valence-corrected chi connectivity index (χ0v) is 16.6. The van der Waals surface area contributed by atoms with E-state index in [0.29, 0.717) is 12.1 Å². The van der Waals surface area contributed by atoms with Crippen molar-refractivity contribution in [2.45, 2.75) is 41.4 Å². The fourth-order valence-corrected chi connectivity index (χ4v) is 5.27. The normalized spacial score (nSPS) is 16.7. The molecule has 1 N–H and O–H groups in total. The maximum Gasteiger partial charge on any atom is 0.243 e. The first-order chi connectivity index (χ1) is 12.3. The molecule has 0 saturated heterocycles. The van der Waals surface area contributed by atoms with Gasteiger partial charge in [0.1, 0.15) is 0 Å². The summed E-state index contributed by atoms with van der Waals surface area (Å²) >= 11 is 1.56. The van der Waals surface area contributed by atoms with Crippen LogP contribution in [-0.4, -0.2) is 37.0 Å². The van der Waals surface area contributed by atoms with Gasteiger partial charge in [-0.05, 0) is 56.2 Å². The molecule has 2 aromatic rings. The topological polar surface area (TPSA) is 66.5 Å². The Morgan fingerprint density at radius 2 is 1.81 bits per heavy atom. The van der Waals surface area contributed by atoms with Crippen molar-refractivity contribution < 1.29 is 13.2 Å². The van der Waals surface area contributed by atoms with Crippen LogP contribution in [0.2, 0.25) is 0 Å². The average molecular weight is 391 g/mol. The van der Waals surface area contributed by atoms with E-state index >= 15 is 0 Å². The molecule has 0 aromatic heterocycles. The predicted octanol–water partition coefficient (Wildman–Crippen LogP) is 3.37. The molecule has 1 atom stereocenters. The Bertz CT molecular complexity index is 884. The number of anilines is 1. The van der Waals surface area contributed by atoms with E-state index in [2.05, 4.69) is 5.32 Å². The summed E-state index contributed by atoms with van der Waals surface area (Å²) in [5.74, 6) is -0.0684. The van der Waals surface area contributed by atoms with E-state index in [1.165, 1.54) is 22.0 Å². The summed E-state index contributed by atoms with van der Waals surface area (Å²) in [6.07, 6.45) is 0.707. The van der Waals surface area contributed by atoms with Gasteiger partial charge in [-0.15, -0.1) is 11.8 Å². The SMILES string of the molecule is CC(C)N(C)S(=O)(=O)c1ccc(NC(=O)C2Cc3ccccc3S2)cc1. The summed E-state index contributed by atoms with van der Waals surface area (Å²) in [4.78, 5) is 13.9. The van der Waals surface area contributed by atoms with E-state index in [9.17, 15) is 13.2 Å². The number of amides is 1. The lowest BCUT2D eigenvalue weighted by Gasteiger charge is -2.21. The van der Waals surface area contributed by atoms with Crippen LogP contribution in [0.4, 0.5) is 5.69 Å². The minimum atomic E-state index is -3.52. The van der Waals surface area contributed by atoms with Gasteiger partial charge in [0, 0.05) is 23.7 Å². The third kappa shape index (κ3) is 3.79. The van der Waals surface area contributed by atoms with E-state index < -0.39 is 10.0 Å². The van der Waals surface area contributed by atoms with Crippen molar-refractivity contribution in [3.8, 4) is 0 Å². The van der Waals surface area contributed by atoms with Crippen LogP contribution < -0.4 is 5.32 Å². The van der Waals surface area contributed by atoms with E-state index in [4.69, 9.17) is 0 Å². The molecule has 0 radical (unpaired) electrons. The molecule has 0 bridgehead atoms. The number of carbonyl (C=O) groups is 1. The van der Waals surface area contributed by atoms with Crippen molar-refractivity contribution in [2.75, 3.05) is 12.4 Å². The fourth-order valence-electron chi connectivity index (χ4n) is 2.71. The summed E-state index contributed by atoms with van der Waals surface area (Å²) in [6.45, 7) is 3.65. The lowest BCUT2D eigenvalue weighted by molar-refractivity contribution is -0.115. The molecule has 1 aliphatic heterocycles. The van der Waals surface area contributed by atoms with Crippen LogP contribution in [0.1, 0.15) is 19.4 Å². The Kier molecular flexibility index (Phi) is 5.41. The summed E-state index contributed by atoms with van der Waals surface area (Å²) in [5, 5.41) is 2.72. The van der Waals surface area contributed by atoms with Gasteiger partial charge in [0.25, 0.3) is 0 Å². The molecular formula is C19H22N2O3S2. The molecule has 0 fully saturated rings. The highest BCUT2D eigenvalue weighted by Crippen LogP contribution is 2.37. The van der Waals surface area contributed by atoms with E-state index in [1.54, 1.807) is 30.9 Å². The maximum atomic E-state index is 12.5. The number of carbonyl (C=O) groups excluding carboxylic acids is 1. The molecule has 1 heterocycles. The minimum absolute atomic E-state index is 0.0684. The minimum Gasteiger partial charge on any atom is -0.325 e. The van der Waals surface area contributed by atoms with Crippen molar-refractivity contribution in [3.63, 3.8) is 0 Å². The van der Waals surface area contributed by atoms with Crippen molar-refractivity contribution in [2.24, 2.45) is 0 Å². The van der Waals surface area contributed by atoms with Crippen molar-refractivity contribution >= 4 is 33.4 Å². The number of nitrogens with one attached hydrogen (secondary N) is 1.